The molecule has 3 rings (SSSR count). The molecule has 0 N–H and O–H groups in total. The van der Waals surface area contributed by atoms with Gasteiger partial charge in [-0.25, -0.2) is 0 Å². The Hall–Kier alpha value is -1.50. The van der Waals surface area contributed by atoms with Crippen molar-refractivity contribution in [3.8, 4) is 5.75 Å². The van der Waals surface area contributed by atoms with Gasteiger partial charge in [0.15, 0.2) is 0 Å². The van der Waals surface area contributed by atoms with Crippen molar-refractivity contribution in [1.82, 2.24) is 0 Å². The van der Waals surface area contributed by atoms with Crippen LogP contribution in [0, 0.1) is 0 Å². The summed E-state index contributed by atoms with van der Waals surface area (Å²) in [6, 6.07) is 6.59. The van der Waals surface area contributed by atoms with Gasteiger partial charge in [0.25, 0.3) is 0 Å². The highest BCUT2D eigenvalue weighted by molar-refractivity contribution is 5.49. The predicted molar refractivity (Wildman–Crippen MR) is 66.0 cm³/mol. The van der Waals surface area contributed by atoms with E-state index < -0.39 is 0 Å². The van der Waals surface area contributed by atoms with E-state index >= 15 is 0 Å². The van der Waals surface area contributed by atoms with Crippen LogP contribution in [-0.2, 0) is 0 Å². The largest absolute Gasteiger partial charge is 0.485 e. The fraction of sp³-hybridized carbons (Fsp3) is 0.333. The van der Waals surface area contributed by atoms with Crippen molar-refractivity contribution in [3.63, 3.8) is 0 Å². The summed E-state index contributed by atoms with van der Waals surface area (Å²) in [7, 11) is 0. The van der Waals surface area contributed by atoms with Gasteiger partial charge >= 0.3 is 0 Å². The average Bonchev–Trinajstić information content (AvgIpc) is 2.66. The Morgan fingerprint density at radius 3 is 2.75 bits per heavy atom. The second-order valence-electron chi connectivity index (χ2n) is 4.83. The normalized spacial score (nSPS) is 25.4. The van der Waals surface area contributed by atoms with Gasteiger partial charge in [-0.3, -0.25) is 0 Å². The molecule has 1 aliphatic heterocycles. The van der Waals surface area contributed by atoms with Gasteiger partial charge in [0, 0.05) is 11.5 Å². The lowest BCUT2D eigenvalue weighted by atomic mass is 9.89. The molecular weight excluding hydrogens is 196 g/mol. The molecule has 0 spiro atoms. The minimum atomic E-state index is 0.211. The SMILES string of the molecule is CC(C)c1ccc2c(c1)C1C=CC=CC1O2. The monoisotopic (exact) mass is 212 g/mol. The van der Waals surface area contributed by atoms with Crippen LogP contribution in [0.2, 0.25) is 0 Å². The summed E-state index contributed by atoms with van der Waals surface area (Å²) >= 11 is 0. The smallest absolute Gasteiger partial charge is 0.128 e. The molecule has 1 heteroatoms. The summed E-state index contributed by atoms with van der Waals surface area (Å²) in [6.45, 7) is 4.46. The van der Waals surface area contributed by atoms with Crippen LogP contribution in [0.4, 0.5) is 0 Å². The van der Waals surface area contributed by atoms with Gasteiger partial charge in [-0.15, -0.1) is 0 Å². The molecule has 0 saturated heterocycles. The van der Waals surface area contributed by atoms with Crippen molar-refractivity contribution < 1.29 is 4.74 Å². The molecule has 2 unspecified atom stereocenters. The molecule has 0 fully saturated rings. The maximum atomic E-state index is 5.91. The zero-order valence-corrected chi connectivity index (χ0v) is 9.68. The third-order valence-corrected chi connectivity index (χ3v) is 3.41. The van der Waals surface area contributed by atoms with E-state index in [1.54, 1.807) is 0 Å². The summed E-state index contributed by atoms with van der Waals surface area (Å²) in [5.41, 5.74) is 2.74. The number of rotatable bonds is 1. The second kappa shape index (κ2) is 3.51. The fourth-order valence-corrected chi connectivity index (χ4v) is 2.42. The molecule has 82 valence electrons. The van der Waals surface area contributed by atoms with E-state index in [4.69, 9.17) is 4.74 Å². The van der Waals surface area contributed by atoms with Crippen LogP contribution in [0.15, 0.2) is 42.5 Å². The number of allylic oxidation sites excluding steroid dienone is 2. The van der Waals surface area contributed by atoms with Gasteiger partial charge in [-0.1, -0.05) is 44.2 Å². The number of benzene rings is 1. The van der Waals surface area contributed by atoms with E-state index in [-0.39, 0.29) is 6.10 Å². The van der Waals surface area contributed by atoms with E-state index in [0.717, 1.165) is 5.75 Å². The third kappa shape index (κ3) is 1.39. The molecular formula is C15H16O. The molecule has 1 heterocycles. The minimum Gasteiger partial charge on any atom is -0.485 e. The molecule has 2 atom stereocenters. The maximum absolute atomic E-state index is 5.91. The highest BCUT2D eigenvalue weighted by Gasteiger charge is 2.31. The van der Waals surface area contributed by atoms with Crippen LogP contribution in [0.1, 0.15) is 36.8 Å². The van der Waals surface area contributed by atoms with E-state index in [0.29, 0.717) is 11.8 Å². The van der Waals surface area contributed by atoms with E-state index in [9.17, 15) is 0 Å². The van der Waals surface area contributed by atoms with Gasteiger partial charge in [0.1, 0.15) is 11.9 Å². The molecule has 1 aromatic carbocycles. The molecule has 1 aromatic rings. The van der Waals surface area contributed by atoms with Crippen molar-refractivity contribution in [2.75, 3.05) is 0 Å². The first-order chi connectivity index (χ1) is 7.75. The van der Waals surface area contributed by atoms with E-state index in [1.165, 1.54) is 11.1 Å². The first kappa shape index (κ1) is 9.71. The standard InChI is InChI=1S/C15H16O/c1-10(2)11-7-8-15-13(9-11)12-5-3-4-6-14(12)16-15/h3-10,12,14H,1-2H3. The van der Waals surface area contributed by atoms with Crippen LogP contribution in [0.3, 0.4) is 0 Å². The van der Waals surface area contributed by atoms with Crippen molar-refractivity contribution in [2.24, 2.45) is 0 Å². The van der Waals surface area contributed by atoms with Gasteiger partial charge in [0.2, 0.25) is 0 Å². The summed E-state index contributed by atoms with van der Waals surface area (Å²) < 4.78 is 5.91. The highest BCUT2D eigenvalue weighted by atomic mass is 16.5. The fourth-order valence-electron chi connectivity index (χ4n) is 2.42. The molecule has 2 aliphatic rings. The van der Waals surface area contributed by atoms with Crippen molar-refractivity contribution >= 4 is 0 Å². The van der Waals surface area contributed by atoms with E-state index in [2.05, 4.69) is 56.4 Å². The molecule has 16 heavy (non-hydrogen) atoms. The Kier molecular flexibility index (Phi) is 2.13. The van der Waals surface area contributed by atoms with Gasteiger partial charge in [0.05, 0.1) is 0 Å². The highest BCUT2D eigenvalue weighted by Crippen LogP contribution is 2.42. The van der Waals surface area contributed by atoms with Crippen LogP contribution >= 0.6 is 0 Å². The first-order valence-corrected chi connectivity index (χ1v) is 5.91. The summed E-state index contributed by atoms with van der Waals surface area (Å²) in [5, 5.41) is 0. The van der Waals surface area contributed by atoms with Gasteiger partial charge in [-0.05, 0) is 23.6 Å². The molecule has 0 bridgehead atoms. The number of hydrogen-bond donors (Lipinski definition) is 0. The van der Waals surface area contributed by atoms with Crippen LogP contribution < -0.4 is 4.74 Å². The maximum Gasteiger partial charge on any atom is 0.128 e. The van der Waals surface area contributed by atoms with Gasteiger partial charge < -0.3 is 4.74 Å². The number of ether oxygens (including phenoxy) is 1. The van der Waals surface area contributed by atoms with E-state index in [1.807, 2.05) is 0 Å². The first-order valence-electron chi connectivity index (χ1n) is 5.91. The lowest BCUT2D eigenvalue weighted by Crippen LogP contribution is -2.15. The summed E-state index contributed by atoms with van der Waals surface area (Å²) in [5.74, 6) is 2.04. The Morgan fingerprint density at radius 1 is 1.12 bits per heavy atom. The van der Waals surface area contributed by atoms with Crippen LogP contribution in [0.25, 0.3) is 0 Å². The molecule has 0 aromatic heterocycles. The second-order valence-corrected chi connectivity index (χ2v) is 4.83. The zero-order valence-electron chi connectivity index (χ0n) is 9.68. The zero-order chi connectivity index (χ0) is 11.1. The van der Waals surface area contributed by atoms with Gasteiger partial charge in [-0.2, -0.15) is 0 Å². The van der Waals surface area contributed by atoms with Crippen molar-refractivity contribution in [3.05, 3.63) is 53.6 Å². The Balaban J connectivity index is 2.05. The molecule has 0 saturated carbocycles. The van der Waals surface area contributed by atoms with Crippen molar-refractivity contribution in [1.29, 1.82) is 0 Å². The topological polar surface area (TPSA) is 9.23 Å². The van der Waals surface area contributed by atoms with Crippen LogP contribution in [0.5, 0.6) is 5.75 Å². The molecule has 0 amide bonds. The molecule has 1 nitrogen and oxygen atoms in total. The molecule has 1 aliphatic carbocycles. The third-order valence-electron chi connectivity index (χ3n) is 3.41. The number of hydrogen-bond acceptors (Lipinski definition) is 1. The quantitative estimate of drug-likeness (QED) is 0.688. The summed E-state index contributed by atoms with van der Waals surface area (Å²) in [6.07, 6.45) is 8.76. The van der Waals surface area contributed by atoms with Crippen molar-refractivity contribution in [2.45, 2.75) is 31.8 Å². The lowest BCUT2D eigenvalue weighted by molar-refractivity contribution is 0.269. The Labute approximate surface area is 96.4 Å². The van der Waals surface area contributed by atoms with Crippen LogP contribution in [-0.4, -0.2) is 6.10 Å². The number of fused-ring (bicyclic) bond motifs is 3. The Morgan fingerprint density at radius 2 is 1.94 bits per heavy atom. The molecule has 0 radical (unpaired) electrons. The average molecular weight is 212 g/mol. The lowest BCUT2D eigenvalue weighted by Gasteiger charge is -2.14. The Bertz CT molecular complexity index is 468. The predicted octanol–water partition coefficient (Wildman–Crippen LogP) is 3.78. The minimum absolute atomic E-state index is 0.211. The summed E-state index contributed by atoms with van der Waals surface area (Å²) in [4.78, 5) is 0.